The summed E-state index contributed by atoms with van der Waals surface area (Å²) >= 11 is 0. The molecule has 0 saturated carbocycles. The van der Waals surface area contributed by atoms with Crippen molar-refractivity contribution in [1.82, 2.24) is 20.3 Å². The molecule has 1 amide bonds. The topological polar surface area (TPSA) is 61.9 Å². The SMILES string of the molecule is CC(C)CCCCCN(C=O)CCCCCC(C)C.c1ccc2n[nH]nc2c1. The van der Waals surface area contributed by atoms with Gasteiger partial charge in [-0.05, 0) is 36.8 Å². The summed E-state index contributed by atoms with van der Waals surface area (Å²) in [6.45, 7) is 11.0. The van der Waals surface area contributed by atoms with Gasteiger partial charge >= 0.3 is 0 Å². The highest BCUT2D eigenvalue weighted by Crippen LogP contribution is 2.10. The van der Waals surface area contributed by atoms with Gasteiger partial charge in [0.15, 0.2) is 0 Å². The third-order valence-electron chi connectivity index (χ3n) is 4.83. The van der Waals surface area contributed by atoms with Crippen molar-refractivity contribution in [3.05, 3.63) is 24.3 Å². The number of aromatic amines is 1. The van der Waals surface area contributed by atoms with Gasteiger partial charge in [0.1, 0.15) is 11.0 Å². The summed E-state index contributed by atoms with van der Waals surface area (Å²) in [6, 6.07) is 7.70. The smallest absolute Gasteiger partial charge is 0.209 e. The monoisotopic (exact) mass is 388 g/mol. The van der Waals surface area contributed by atoms with Crippen molar-refractivity contribution < 1.29 is 4.79 Å². The number of carbonyl (C=O) groups excluding carboxylic acids is 1. The zero-order valence-corrected chi connectivity index (χ0v) is 18.4. The van der Waals surface area contributed by atoms with Crippen LogP contribution in [0.2, 0.25) is 0 Å². The van der Waals surface area contributed by atoms with Gasteiger partial charge in [-0.15, -0.1) is 0 Å². The summed E-state index contributed by atoms with van der Waals surface area (Å²) in [4.78, 5) is 12.9. The molecule has 2 aromatic rings. The quantitative estimate of drug-likeness (QED) is 0.346. The fourth-order valence-electron chi connectivity index (χ4n) is 3.09. The third kappa shape index (κ3) is 11.7. The van der Waals surface area contributed by atoms with Crippen molar-refractivity contribution in [1.29, 1.82) is 0 Å². The first kappa shape index (κ1) is 24.1. The lowest BCUT2D eigenvalue weighted by atomic mass is 10.0. The Morgan fingerprint density at radius 2 is 1.29 bits per heavy atom. The summed E-state index contributed by atoms with van der Waals surface area (Å²) in [7, 11) is 0. The maximum absolute atomic E-state index is 11.0. The molecule has 0 spiro atoms. The molecule has 5 heteroatoms. The molecule has 0 radical (unpaired) electrons. The maximum Gasteiger partial charge on any atom is 0.209 e. The number of amides is 1. The Morgan fingerprint density at radius 1 is 0.821 bits per heavy atom. The van der Waals surface area contributed by atoms with E-state index in [1.807, 2.05) is 29.2 Å². The van der Waals surface area contributed by atoms with E-state index in [2.05, 4.69) is 43.1 Å². The number of hydrogen-bond donors (Lipinski definition) is 1. The summed E-state index contributed by atoms with van der Waals surface area (Å²) < 4.78 is 0. The zero-order chi connectivity index (χ0) is 20.6. The maximum atomic E-state index is 11.0. The van der Waals surface area contributed by atoms with Crippen molar-refractivity contribution >= 4 is 17.4 Å². The van der Waals surface area contributed by atoms with Crippen LogP contribution in [0, 0.1) is 11.8 Å². The standard InChI is InChI=1S/C17H35NO.C6H5N3/c1-16(2)11-7-5-9-13-18(15-19)14-10-6-8-12-17(3)4;1-2-4-6-5(3-1)7-9-8-6/h15-17H,5-14H2,1-4H3;1-4H,(H,7,8,9). The highest BCUT2D eigenvalue weighted by Gasteiger charge is 2.02. The Hall–Kier alpha value is -1.91. The van der Waals surface area contributed by atoms with E-state index < -0.39 is 0 Å². The summed E-state index contributed by atoms with van der Waals surface area (Å²) in [5.74, 6) is 1.62. The number of fused-ring (bicyclic) bond motifs is 1. The predicted octanol–water partition coefficient (Wildman–Crippen LogP) is 5.84. The van der Waals surface area contributed by atoms with Crippen molar-refractivity contribution in [2.45, 2.75) is 79.1 Å². The minimum Gasteiger partial charge on any atom is -0.345 e. The van der Waals surface area contributed by atoms with E-state index >= 15 is 0 Å². The van der Waals surface area contributed by atoms with E-state index in [-0.39, 0.29) is 0 Å². The van der Waals surface area contributed by atoms with Gasteiger partial charge in [-0.25, -0.2) is 0 Å². The van der Waals surface area contributed by atoms with Crippen molar-refractivity contribution in [2.24, 2.45) is 11.8 Å². The molecule has 0 atom stereocenters. The fraction of sp³-hybridized carbons (Fsp3) is 0.696. The molecule has 1 heterocycles. The Morgan fingerprint density at radius 3 is 1.68 bits per heavy atom. The molecular weight excluding hydrogens is 348 g/mol. The Labute approximate surface area is 171 Å². The normalized spacial score (nSPS) is 10.9. The summed E-state index contributed by atoms with van der Waals surface area (Å²) in [5, 5.41) is 10.3. The fourth-order valence-corrected chi connectivity index (χ4v) is 3.09. The van der Waals surface area contributed by atoms with Gasteiger partial charge < -0.3 is 4.90 Å². The lowest BCUT2D eigenvalue weighted by Crippen LogP contribution is -2.24. The van der Waals surface area contributed by atoms with Crippen molar-refractivity contribution in [3.8, 4) is 0 Å². The van der Waals surface area contributed by atoms with E-state index in [1.54, 1.807) is 0 Å². The number of nitrogens with zero attached hydrogens (tertiary/aromatic N) is 3. The molecule has 0 aliphatic rings. The molecule has 0 bridgehead atoms. The molecule has 0 aliphatic heterocycles. The van der Waals surface area contributed by atoms with Crippen LogP contribution in [-0.2, 0) is 4.79 Å². The molecule has 1 N–H and O–H groups in total. The van der Waals surface area contributed by atoms with Gasteiger partial charge in [0.25, 0.3) is 0 Å². The van der Waals surface area contributed by atoms with Gasteiger partial charge in [-0.1, -0.05) is 78.4 Å². The average molecular weight is 389 g/mol. The van der Waals surface area contributed by atoms with Crippen LogP contribution in [-0.4, -0.2) is 39.8 Å². The van der Waals surface area contributed by atoms with Crippen LogP contribution in [0.5, 0.6) is 0 Å². The van der Waals surface area contributed by atoms with Crippen LogP contribution in [0.4, 0.5) is 0 Å². The van der Waals surface area contributed by atoms with Gasteiger partial charge in [0.2, 0.25) is 6.41 Å². The van der Waals surface area contributed by atoms with Crippen LogP contribution in [0.25, 0.3) is 11.0 Å². The molecule has 28 heavy (non-hydrogen) atoms. The molecule has 1 aromatic heterocycles. The summed E-state index contributed by atoms with van der Waals surface area (Å²) in [5.41, 5.74) is 1.83. The van der Waals surface area contributed by atoms with E-state index in [4.69, 9.17) is 0 Å². The Balaban J connectivity index is 0.000000354. The molecular formula is C23H40N4O. The number of unbranched alkanes of at least 4 members (excludes halogenated alkanes) is 4. The van der Waals surface area contributed by atoms with Crippen molar-refractivity contribution in [3.63, 3.8) is 0 Å². The van der Waals surface area contributed by atoms with E-state index in [0.29, 0.717) is 0 Å². The zero-order valence-electron chi connectivity index (χ0n) is 18.4. The Bertz CT molecular complexity index is 576. The van der Waals surface area contributed by atoms with Gasteiger partial charge in [-0.2, -0.15) is 15.4 Å². The number of aromatic nitrogens is 3. The first-order valence-electron chi connectivity index (χ1n) is 11.0. The third-order valence-corrected chi connectivity index (χ3v) is 4.83. The van der Waals surface area contributed by atoms with Gasteiger partial charge in [0, 0.05) is 13.1 Å². The number of rotatable bonds is 13. The van der Waals surface area contributed by atoms with Crippen LogP contribution < -0.4 is 0 Å². The second-order valence-corrected chi connectivity index (χ2v) is 8.44. The number of para-hydroxylation sites is 2. The highest BCUT2D eigenvalue weighted by molar-refractivity contribution is 5.72. The highest BCUT2D eigenvalue weighted by atomic mass is 16.1. The predicted molar refractivity (Wildman–Crippen MR) is 118 cm³/mol. The van der Waals surface area contributed by atoms with Crippen LogP contribution in [0.1, 0.15) is 79.1 Å². The molecule has 0 saturated heterocycles. The Kier molecular flexibility index (Phi) is 13.0. The van der Waals surface area contributed by atoms with Crippen LogP contribution >= 0.6 is 0 Å². The molecule has 5 nitrogen and oxygen atoms in total. The molecule has 0 fully saturated rings. The number of nitrogens with one attached hydrogen (secondary N) is 1. The minimum atomic E-state index is 0.808. The number of benzene rings is 1. The first-order chi connectivity index (χ1) is 13.5. The van der Waals surface area contributed by atoms with Gasteiger partial charge in [-0.3, -0.25) is 4.79 Å². The molecule has 2 rings (SSSR count). The second-order valence-electron chi connectivity index (χ2n) is 8.44. The number of H-pyrrole nitrogens is 1. The molecule has 0 unspecified atom stereocenters. The molecule has 1 aromatic carbocycles. The number of carbonyl (C=O) groups is 1. The summed E-state index contributed by atoms with van der Waals surface area (Å²) in [6.07, 6.45) is 11.1. The van der Waals surface area contributed by atoms with Crippen LogP contribution in [0.15, 0.2) is 24.3 Å². The van der Waals surface area contributed by atoms with Crippen LogP contribution in [0.3, 0.4) is 0 Å². The minimum absolute atomic E-state index is 0.808. The molecule has 0 aliphatic carbocycles. The van der Waals surface area contributed by atoms with E-state index in [9.17, 15) is 4.79 Å². The van der Waals surface area contributed by atoms with E-state index in [1.165, 1.54) is 38.5 Å². The van der Waals surface area contributed by atoms with Gasteiger partial charge in [0.05, 0.1) is 0 Å². The average Bonchev–Trinajstić information content (AvgIpc) is 3.14. The number of hydrogen-bond acceptors (Lipinski definition) is 3. The lowest BCUT2D eigenvalue weighted by molar-refractivity contribution is -0.118. The lowest BCUT2D eigenvalue weighted by Gasteiger charge is -2.17. The largest absolute Gasteiger partial charge is 0.345 e. The van der Waals surface area contributed by atoms with E-state index in [0.717, 1.165) is 55.2 Å². The second kappa shape index (κ2) is 15.1. The van der Waals surface area contributed by atoms with Crippen molar-refractivity contribution in [2.75, 3.05) is 13.1 Å². The molecule has 158 valence electrons. The first-order valence-corrected chi connectivity index (χ1v) is 11.0.